The summed E-state index contributed by atoms with van der Waals surface area (Å²) in [5, 5.41) is 14.7. The van der Waals surface area contributed by atoms with Gasteiger partial charge in [-0.3, -0.25) is 4.98 Å². The SMILES string of the molecule is [C-]#[N+]/N=C(\Nc1ccc(-c2nc(N3CCOCC3)c3cccn3n2)cc1)Nc1cccnc1. The standard InChI is InChI=1S/C23H21N9O/c1-24-29-23(27-19-4-2-10-25-16-19)26-18-8-6-17(7-9-18)21-28-22(31-12-14-33-15-13-31)20-5-3-11-32(20)30-21/h2-11,16H,12-15H2,(H2,26,27,29). The minimum Gasteiger partial charge on any atom is -0.378 e. The number of hydrogen-bond donors (Lipinski definition) is 2. The fourth-order valence-electron chi connectivity index (χ4n) is 3.59. The van der Waals surface area contributed by atoms with Gasteiger partial charge in [0.1, 0.15) is 10.6 Å². The Morgan fingerprint density at radius 3 is 2.61 bits per heavy atom. The Balaban J connectivity index is 1.39. The fraction of sp³-hybridized carbons (Fsp3) is 0.174. The lowest BCUT2D eigenvalue weighted by Gasteiger charge is -2.28. The highest BCUT2D eigenvalue weighted by Gasteiger charge is 2.18. The average molecular weight is 439 g/mol. The highest BCUT2D eigenvalue weighted by Crippen LogP contribution is 2.25. The van der Waals surface area contributed by atoms with E-state index in [9.17, 15) is 0 Å². The molecule has 0 spiro atoms. The fourth-order valence-corrected chi connectivity index (χ4v) is 3.59. The van der Waals surface area contributed by atoms with Crippen LogP contribution in [0.5, 0.6) is 0 Å². The smallest absolute Gasteiger partial charge is 0.286 e. The van der Waals surface area contributed by atoms with Crippen molar-refractivity contribution in [3.8, 4) is 11.4 Å². The summed E-state index contributed by atoms with van der Waals surface area (Å²) in [5.41, 5.74) is 3.36. The van der Waals surface area contributed by atoms with E-state index in [1.807, 2.05) is 53.2 Å². The van der Waals surface area contributed by atoms with Crippen molar-refractivity contribution >= 4 is 28.7 Å². The van der Waals surface area contributed by atoms with Crippen LogP contribution in [-0.2, 0) is 4.74 Å². The number of nitrogens with one attached hydrogen (secondary N) is 2. The van der Waals surface area contributed by atoms with Gasteiger partial charge in [-0.15, -0.1) is 10.1 Å². The van der Waals surface area contributed by atoms with Crippen molar-refractivity contribution in [1.82, 2.24) is 19.6 Å². The molecule has 1 saturated heterocycles. The van der Waals surface area contributed by atoms with E-state index >= 15 is 0 Å². The summed E-state index contributed by atoms with van der Waals surface area (Å²) < 4.78 is 7.35. The minimum atomic E-state index is 0.311. The number of pyridine rings is 1. The molecule has 4 aromatic rings. The summed E-state index contributed by atoms with van der Waals surface area (Å²) >= 11 is 0. The molecule has 0 radical (unpaired) electrons. The summed E-state index contributed by atoms with van der Waals surface area (Å²) in [5.74, 6) is 1.85. The summed E-state index contributed by atoms with van der Waals surface area (Å²) in [6.07, 6.45) is 5.27. The van der Waals surface area contributed by atoms with Crippen LogP contribution in [0.25, 0.3) is 21.9 Å². The zero-order valence-corrected chi connectivity index (χ0v) is 17.7. The van der Waals surface area contributed by atoms with Gasteiger partial charge in [0.05, 0.1) is 25.1 Å². The first-order valence-electron chi connectivity index (χ1n) is 10.5. The lowest BCUT2D eigenvalue weighted by Crippen LogP contribution is -2.37. The highest BCUT2D eigenvalue weighted by molar-refractivity contribution is 6.03. The van der Waals surface area contributed by atoms with Crippen molar-refractivity contribution in [2.24, 2.45) is 5.10 Å². The summed E-state index contributed by atoms with van der Waals surface area (Å²) in [4.78, 5) is 14.3. The summed E-state index contributed by atoms with van der Waals surface area (Å²) in [6, 6.07) is 15.3. The van der Waals surface area contributed by atoms with Crippen molar-refractivity contribution in [2.75, 3.05) is 41.8 Å². The maximum Gasteiger partial charge on any atom is 0.286 e. The molecule has 3 aromatic heterocycles. The van der Waals surface area contributed by atoms with E-state index in [1.54, 1.807) is 18.5 Å². The number of benzene rings is 1. The molecule has 0 unspecified atom stereocenters. The molecule has 1 aromatic carbocycles. The first-order chi connectivity index (χ1) is 16.3. The van der Waals surface area contributed by atoms with E-state index in [2.05, 4.69) is 35.7 Å². The zero-order valence-electron chi connectivity index (χ0n) is 17.7. The third-order valence-corrected chi connectivity index (χ3v) is 5.16. The third kappa shape index (κ3) is 4.58. The maximum absolute atomic E-state index is 7.08. The number of nitrogens with zero attached hydrogens (tertiary/aromatic N) is 7. The van der Waals surface area contributed by atoms with Crippen LogP contribution >= 0.6 is 0 Å². The molecule has 2 N–H and O–H groups in total. The molecular weight excluding hydrogens is 418 g/mol. The van der Waals surface area contributed by atoms with Crippen LogP contribution in [0.4, 0.5) is 17.2 Å². The van der Waals surface area contributed by atoms with Crippen LogP contribution in [0, 0.1) is 6.57 Å². The molecule has 0 bridgehead atoms. The van der Waals surface area contributed by atoms with Crippen LogP contribution in [-0.4, -0.2) is 51.8 Å². The van der Waals surface area contributed by atoms with Gasteiger partial charge in [0.25, 0.3) is 5.96 Å². The molecule has 164 valence electrons. The number of morpholine rings is 1. The van der Waals surface area contributed by atoms with Gasteiger partial charge in [0.2, 0.25) is 0 Å². The number of hydrogen-bond acceptors (Lipinski definition) is 6. The van der Waals surface area contributed by atoms with Gasteiger partial charge in [-0.05, 0) is 48.5 Å². The molecule has 10 nitrogen and oxygen atoms in total. The lowest BCUT2D eigenvalue weighted by molar-refractivity contribution is 0.122. The number of rotatable bonds is 4. The average Bonchev–Trinajstić information content (AvgIpc) is 3.34. The summed E-state index contributed by atoms with van der Waals surface area (Å²) in [7, 11) is 0. The van der Waals surface area contributed by atoms with Gasteiger partial charge in [-0.2, -0.15) is 6.57 Å². The van der Waals surface area contributed by atoms with Crippen molar-refractivity contribution < 1.29 is 4.74 Å². The molecular formula is C23H21N9O. The van der Waals surface area contributed by atoms with Gasteiger partial charge in [0.15, 0.2) is 11.6 Å². The molecule has 1 aliphatic rings. The van der Waals surface area contributed by atoms with E-state index in [0.29, 0.717) is 25.0 Å². The maximum atomic E-state index is 7.08. The van der Waals surface area contributed by atoms with Crippen molar-refractivity contribution in [3.63, 3.8) is 0 Å². The van der Waals surface area contributed by atoms with Gasteiger partial charge in [-0.25, -0.2) is 9.50 Å². The van der Waals surface area contributed by atoms with Crippen LogP contribution in [0.15, 0.2) is 72.2 Å². The highest BCUT2D eigenvalue weighted by atomic mass is 16.5. The van der Waals surface area contributed by atoms with E-state index in [4.69, 9.17) is 16.3 Å². The Bertz CT molecular complexity index is 1300. The van der Waals surface area contributed by atoms with E-state index < -0.39 is 0 Å². The van der Waals surface area contributed by atoms with E-state index in [0.717, 1.165) is 41.4 Å². The second kappa shape index (κ2) is 9.33. The lowest BCUT2D eigenvalue weighted by atomic mass is 10.2. The molecule has 5 rings (SSSR count). The normalized spacial score (nSPS) is 14.2. The molecule has 1 aliphatic heterocycles. The first-order valence-corrected chi connectivity index (χ1v) is 10.5. The third-order valence-electron chi connectivity index (χ3n) is 5.16. The molecule has 0 saturated carbocycles. The Hall–Kier alpha value is -4.49. The largest absolute Gasteiger partial charge is 0.378 e. The predicted octanol–water partition coefficient (Wildman–Crippen LogP) is 3.34. The second-order valence-electron chi connectivity index (χ2n) is 7.31. The van der Waals surface area contributed by atoms with E-state index in [1.165, 1.54) is 0 Å². The van der Waals surface area contributed by atoms with Gasteiger partial charge < -0.3 is 20.3 Å². The Labute approximate surface area is 190 Å². The topological polar surface area (TPSA) is 96.3 Å². The number of ether oxygens (including phenoxy) is 1. The van der Waals surface area contributed by atoms with E-state index in [-0.39, 0.29) is 0 Å². The number of guanidine groups is 1. The molecule has 10 heteroatoms. The monoisotopic (exact) mass is 439 g/mol. The van der Waals surface area contributed by atoms with Crippen LogP contribution < -0.4 is 15.5 Å². The van der Waals surface area contributed by atoms with Gasteiger partial charge in [-0.1, -0.05) is 0 Å². The quantitative estimate of drug-likeness (QED) is 0.218. The first kappa shape index (κ1) is 20.4. The molecule has 0 amide bonds. The molecule has 0 atom stereocenters. The zero-order chi connectivity index (χ0) is 22.5. The minimum absolute atomic E-state index is 0.311. The Morgan fingerprint density at radius 1 is 1.03 bits per heavy atom. The number of fused-ring (bicyclic) bond motifs is 1. The number of anilines is 3. The molecule has 1 fully saturated rings. The Morgan fingerprint density at radius 2 is 1.85 bits per heavy atom. The molecule has 4 heterocycles. The van der Waals surface area contributed by atoms with Crippen LogP contribution in [0.2, 0.25) is 0 Å². The summed E-state index contributed by atoms with van der Waals surface area (Å²) in [6.45, 7) is 10.1. The molecule has 0 aliphatic carbocycles. The van der Waals surface area contributed by atoms with Gasteiger partial charge in [0, 0.05) is 36.7 Å². The van der Waals surface area contributed by atoms with Crippen molar-refractivity contribution in [1.29, 1.82) is 0 Å². The molecule has 33 heavy (non-hydrogen) atoms. The van der Waals surface area contributed by atoms with Crippen molar-refractivity contribution in [3.05, 3.63) is 78.6 Å². The number of aromatic nitrogens is 4. The Kier molecular flexibility index (Phi) is 5.77. The predicted molar refractivity (Wildman–Crippen MR) is 127 cm³/mol. The van der Waals surface area contributed by atoms with Crippen LogP contribution in [0.1, 0.15) is 0 Å². The second-order valence-corrected chi connectivity index (χ2v) is 7.31. The van der Waals surface area contributed by atoms with Crippen molar-refractivity contribution in [2.45, 2.75) is 0 Å². The van der Waals surface area contributed by atoms with Crippen LogP contribution in [0.3, 0.4) is 0 Å². The van der Waals surface area contributed by atoms with Gasteiger partial charge >= 0.3 is 0 Å².